The van der Waals surface area contributed by atoms with Gasteiger partial charge in [0.15, 0.2) is 0 Å². The average molecular weight is 297 g/mol. The van der Waals surface area contributed by atoms with Gasteiger partial charge in [0, 0.05) is 12.7 Å². The molecule has 0 aliphatic carbocycles. The van der Waals surface area contributed by atoms with Crippen molar-refractivity contribution in [3.63, 3.8) is 0 Å². The van der Waals surface area contributed by atoms with Gasteiger partial charge in [-0.1, -0.05) is 82.2 Å². The molecule has 0 aromatic heterocycles. The number of hydrogen-bond acceptors (Lipinski definition) is 1. The van der Waals surface area contributed by atoms with Crippen LogP contribution in [-0.4, -0.2) is 7.05 Å². The summed E-state index contributed by atoms with van der Waals surface area (Å²) in [6.07, 6.45) is 12.2. The largest absolute Gasteiger partial charge is 0.388 e. The van der Waals surface area contributed by atoms with Crippen LogP contribution in [0.2, 0.25) is 0 Å². The first kappa shape index (κ1) is 16.9. The molecule has 0 saturated carbocycles. The van der Waals surface area contributed by atoms with E-state index in [-0.39, 0.29) is 0 Å². The molecular weight excluding hydrogens is 266 g/mol. The molecule has 0 saturated heterocycles. The Morgan fingerprint density at radius 1 is 0.773 bits per heavy atom. The maximum Gasteiger partial charge on any atom is 0.0376 e. The third kappa shape index (κ3) is 4.76. The van der Waals surface area contributed by atoms with Crippen molar-refractivity contribution in [1.82, 2.24) is 0 Å². The van der Waals surface area contributed by atoms with Gasteiger partial charge < -0.3 is 5.32 Å². The van der Waals surface area contributed by atoms with Crippen molar-refractivity contribution in [1.29, 1.82) is 0 Å². The van der Waals surface area contributed by atoms with Gasteiger partial charge in [-0.15, -0.1) is 0 Å². The fourth-order valence-electron chi connectivity index (χ4n) is 3.28. The summed E-state index contributed by atoms with van der Waals surface area (Å²) in [6, 6.07) is 13.2. The van der Waals surface area contributed by atoms with Crippen LogP contribution in [0.1, 0.15) is 63.9 Å². The van der Waals surface area contributed by atoms with Crippen LogP contribution in [0.5, 0.6) is 0 Å². The highest BCUT2D eigenvalue weighted by Crippen LogP contribution is 2.27. The Morgan fingerprint density at radius 2 is 1.45 bits per heavy atom. The molecule has 1 nitrogen and oxygen atoms in total. The molecule has 2 aromatic rings. The smallest absolute Gasteiger partial charge is 0.0376 e. The van der Waals surface area contributed by atoms with Gasteiger partial charge >= 0.3 is 0 Å². The second-order valence-corrected chi connectivity index (χ2v) is 6.29. The molecule has 1 heteroatoms. The zero-order chi connectivity index (χ0) is 15.6. The number of benzene rings is 2. The van der Waals surface area contributed by atoms with E-state index in [2.05, 4.69) is 48.6 Å². The van der Waals surface area contributed by atoms with Crippen molar-refractivity contribution in [3.05, 3.63) is 42.0 Å². The molecule has 0 heterocycles. The van der Waals surface area contributed by atoms with E-state index in [1.807, 2.05) is 7.05 Å². The van der Waals surface area contributed by atoms with Gasteiger partial charge in [-0.2, -0.15) is 0 Å². The van der Waals surface area contributed by atoms with Crippen LogP contribution in [0.15, 0.2) is 36.4 Å². The molecule has 2 rings (SSSR count). The molecule has 0 spiro atoms. The fraction of sp³-hybridized carbons (Fsp3) is 0.524. The molecule has 0 unspecified atom stereocenters. The van der Waals surface area contributed by atoms with Crippen molar-refractivity contribution >= 4 is 16.5 Å². The molecule has 0 amide bonds. The number of fused-ring (bicyclic) bond motifs is 1. The normalized spacial score (nSPS) is 11.0. The molecular formula is C21H31N. The monoisotopic (exact) mass is 297 g/mol. The van der Waals surface area contributed by atoms with Gasteiger partial charge in [0.1, 0.15) is 0 Å². The van der Waals surface area contributed by atoms with E-state index in [0.717, 1.165) is 0 Å². The molecule has 0 aliphatic rings. The number of anilines is 1. The Hall–Kier alpha value is -1.50. The Kier molecular flexibility index (Phi) is 7.28. The molecule has 1 N–H and O–H groups in total. The quantitative estimate of drug-likeness (QED) is 0.489. The van der Waals surface area contributed by atoms with E-state index >= 15 is 0 Å². The van der Waals surface area contributed by atoms with Gasteiger partial charge in [-0.25, -0.2) is 0 Å². The second kappa shape index (κ2) is 9.50. The predicted molar refractivity (Wildman–Crippen MR) is 99.8 cm³/mol. The number of aryl methyl sites for hydroxylation is 1. The summed E-state index contributed by atoms with van der Waals surface area (Å²) in [7, 11) is 2.03. The summed E-state index contributed by atoms with van der Waals surface area (Å²) in [6.45, 7) is 2.28. The molecule has 0 aliphatic heterocycles. The number of hydrogen-bond donors (Lipinski definition) is 1. The fourth-order valence-corrected chi connectivity index (χ4v) is 3.28. The second-order valence-electron chi connectivity index (χ2n) is 6.29. The van der Waals surface area contributed by atoms with Crippen LogP contribution in [0.3, 0.4) is 0 Å². The molecule has 0 bridgehead atoms. The first-order chi connectivity index (χ1) is 10.9. The topological polar surface area (TPSA) is 12.0 Å². The van der Waals surface area contributed by atoms with E-state index in [9.17, 15) is 0 Å². The summed E-state index contributed by atoms with van der Waals surface area (Å²) >= 11 is 0. The van der Waals surface area contributed by atoms with Crippen molar-refractivity contribution in [3.8, 4) is 0 Å². The maximum atomic E-state index is 3.36. The predicted octanol–water partition coefficient (Wildman–Crippen LogP) is 6.56. The van der Waals surface area contributed by atoms with Gasteiger partial charge in [-0.05, 0) is 35.2 Å². The third-order valence-corrected chi connectivity index (χ3v) is 4.59. The lowest BCUT2D eigenvalue weighted by Gasteiger charge is -2.13. The van der Waals surface area contributed by atoms with Crippen molar-refractivity contribution in [2.45, 2.75) is 64.7 Å². The molecule has 120 valence electrons. The van der Waals surface area contributed by atoms with Crippen LogP contribution < -0.4 is 5.32 Å². The highest BCUT2D eigenvalue weighted by atomic mass is 14.8. The number of unbranched alkanes of at least 4 members (excludes halogenated alkanes) is 7. The molecule has 2 aromatic carbocycles. The first-order valence-corrected chi connectivity index (χ1v) is 9.05. The Bertz CT molecular complexity index is 559. The highest BCUT2D eigenvalue weighted by Gasteiger charge is 2.06. The number of nitrogens with one attached hydrogen (secondary N) is 1. The molecule has 22 heavy (non-hydrogen) atoms. The van der Waals surface area contributed by atoms with Crippen LogP contribution in [0.4, 0.5) is 5.69 Å². The number of rotatable bonds is 10. The van der Waals surface area contributed by atoms with E-state index in [1.165, 1.54) is 79.8 Å². The van der Waals surface area contributed by atoms with Crippen molar-refractivity contribution in [2.75, 3.05) is 12.4 Å². The van der Waals surface area contributed by atoms with Crippen LogP contribution in [0, 0.1) is 0 Å². The zero-order valence-electron chi connectivity index (χ0n) is 14.3. The minimum Gasteiger partial charge on any atom is -0.388 e. The Morgan fingerprint density at radius 3 is 2.18 bits per heavy atom. The third-order valence-electron chi connectivity index (χ3n) is 4.59. The maximum absolute atomic E-state index is 3.36. The van der Waals surface area contributed by atoms with Crippen LogP contribution in [0.25, 0.3) is 10.8 Å². The SMILES string of the molecule is CCCCCCCCCCc1c(NC)ccc2ccccc12. The Balaban J connectivity index is 1.85. The lowest BCUT2D eigenvalue weighted by Crippen LogP contribution is -1.97. The van der Waals surface area contributed by atoms with Crippen LogP contribution in [-0.2, 0) is 6.42 Å². The standard InChI is InChI=1S/C21H31N/c1-3-4-5-6-7-8-9-10-15-20-19-14-12-11-13-18(19)16-17-21(20)22-2/h11-14,16-17,22H,3-10,15H2,1-2H3. The minimum atomic E-state index is 1.19. The first-order valence-electron chi connectivity index (χ1n) is 9.05. The van der Waals surface area contributed by atoms with E-state index in [0.29, 0.717) is 0 Å². The summed E-state index contributed by atoms with van der Waals surface area (Å²) in [5.41, 5.74) is 2.79. The summed E-state index contributed by atoms with van der Waals surface area (Å²) < 4.78 is 0. The average Bonchev–Trinajstić information content (AvgIpc) is 2.57. The molecule has 0 radical (unpaired) electrons. The van der Waals surface area contributed by atoms with E-state index < -0.39 is 0 Å². The van der Waals surface area contributed by atoms with Crippen molar-refractivity contribution in [2.24, 2.45) is 0 Å². The van der Waals surface area contributed by atoms with E-state index in [1.54, 1.807) is 0 Å². The molecule has 0 fully saturated rings. The Labute approximate surface area is 136 Å². The lowest BCUT2D eigenvalue weighted by molar-refractivity contribution is 0.576. The van der Waals surface area contributed by atoms with Gasteiger partial charge in [0.25, 0.3) is 0 Å². The summed E-state index contributed by atoms with van der Waals surface area (Å²) in [5, 5.41) is 6.13. The minimum absolute atomic E-state index is 1.19. The van der Waals surface area contributed by atoms with Gasteiger partial charge in [0.2, 0.25) is 0 Å². The summed E-state index contributed by atoms with van der Waals surface area (Å²) in [4.78, 5) is 0. The summed E-state index contributed by atoms with van der Waals surface area (Å²) in [5.74, 6) is 0. The lowest BCUT2D eigenvalue weighted by atomic mass is 9.97. The van der Waals surface area contributed by atoms with E-state index in [4.69, 9.17) is 0 Å². The zero-order valence-corrected chi connectivity index (χ0v) is 14.3. The highest BCUT2D eigenvalue weighted by molar-refractivity contribution is 5.90. The van der Waals surface area contributed by atoms with Gasteiger partial charge in [0.05, 0.1) is 0 Å². The van der Waals surface area contributed by atoms with Gasteiger partial charge in [-0.3, -0.25) is 0 Å². The van der Waals surface area contributed by atoms with Crippen molar-refractivity contribution < 1.29 is 0 Å². The van der Waals surface area contributed by atoms with Crippen LogP contribution >= 0.6 is 0 Å². The molecule has 0 atom stereocenters.